The summed E-state index contributed by atoms with van der Waals surface area (Å²) in [5.41, 5.74) is 2.19. The van der Waals surface area contributed by atoms with Crippen molar-refractivity contribution in [3.63, 3.8) is 0 Å². The average molecular weight is 332 g/mol. The van der Waals surface area contributed by atoms with Gasteiger partial charge in [0, 0.05) is 4.47 Å². The van der Waals surface area contributed by atoms with Gasteiger partial charge >= 0.3 is 0 Å². The fourth-order valence-corrected chi connectivity index (χ4v) is 3.37. The maximum atomic E-state index is 6.44. The van der Waals surface area contributed by atoms with E-state index in [-0.39, 0.29) is 5.38 Å². The van der Waals surface area contributed by atoms with Crippen molar-refractivity contribution in [3.8, 4) is 5.75 Å². The fourth-order valence-electron chi connectivity index (χ4n) is 1.57. The van der Waals surface area contributed by atoms with Crippen molar-refractivity contribution in [3.05, 3.63) is 50.6 Å². The van der Waals surface area contributed by atoms with Crippen LogP contribution in [0.1, 0.15) is 23.4 Å². The number of halogens is 2. The molecule has 0 aliphatic carbocycles. The molecule has 0 N–H and O–H groups in total. The summed E-state index contributed by atoms with van der Waals surface area (Å²) in [6, 6.07) is 7.96. The topological polar surface area (TPSA) is 9.23 Å². The molecular formula is C13H12BrClOS. The minimum absolute atomic E-state index is 0.119. The highest BCUT2D eigenvalue weighted by atomic mass is 79.9. The van der Waals surface area contributed by atoms with E-state index in [2.05, 4.69) is 21.3 Å². The van der Waals surface area contributed by atoms with Gasteiger partial charge in [-0.1, -0.05) is 22.0 Å². The minimum atomic E-state index is -0.119. The third-order valence-corrected chi connectivity index (χ3v) is 4.27. The number of hydrogen-bond donors (Lipinski definition) is 0. The van der Waals surface area contributed by atoms with E-state index in [4.69, 9.17) is 16.3 Å². The molecule has 1 aromatic carbocycles. The Hall–Kier alpha value is -0.510. The molecule has 0 aliphatic rings. The minimum Gasteiger partial charge on any atom is -0.494 e. The van der Waals surface area contributed by atoms with E-state index in [1.54, 1.807) is 11.3 Å². The predicted molar refractivity (Wildman–Crippen MR) is 77.3 cm³/mol. The summed E-state index contributed by atoms with van der Waals surface area (Å²) in [6.07, 6.45) is 0. The first-order chi connectivity index (χ1) is 8.22. The second-order valence-corrected chi connectivity index (χ2v) is 5.61. The molecule has 0 aliphatic heterocycles. The molecule has 1 unspecified atom stereocenters. The molecule has 2 aromatic rings. The SMILES string of the molecule is CCOc1ccc(C(Cl)c2ccsc2)c(Br)c1. The van der Waals surface area contributed by atoms with Gasteiger partial charge in [-0.2, -0.15) is 11.3 Å². The third kappa shape index (κ3) is 3.03. The van der Waals surface area contributed by atoms with Crippen molar-refractivity contribution in [1.82, 2.24) is 0 Å². The molecule has 2 rings (SSSR count). The van der Waals surface area contributed by atoms with E-state index in [0.717, 1.165) is 21.3 Å². The van der Waals surface area contributed by atoms with Crippen LogP contribution in [-0.4, -0.2) is 6.61 Å². The maximum absolute atomic E-state index is 6.44. The Morgan fingerprint density at radius 3 is 2.82 bits per heavy atom. The second-order valence-electron chi connectivity index (χ2n) is 3.54. The van der Waals surface area contributed by atoms with Gasteiger partial charge in [0.2, 0.25) is 0 Å². The van der Waals surface area contributed by atoms with Crippen LogP contribution in [0.2, 0.25) is 0 Å². The molecule has 1 nitrogen and oxygen atoms in total. The van der Waals surface area contributed by atoms with Crippen molar-refractivity contribution in [2.45, 2.75) is 12.3 Å². The number of alkyl halides is 1. The smallest absolute Gasteiger partial charge is 0.120 e. The first-order valence-corrected chi connectivity index (χ1v) is 7.48. The van der Waals surface area contributed by atoms with Gasteiger partial charge in [0.25, 0.3) is 0 Å². The van der Waals surface area contributed by atoms with Crippen LogP contribution in [0, 0.1) is 0 Å². The quantitative estimate of drug-likeness (QED) is 0.696. The number of hydrogen-bond acceptors (Lipinski definition) is 2. The number of ether oxygens (including phenoxy) is 1. The lowest BCUT2D eigenvalue weighted by Crippen LogP contribution is -1.95. The van der Waals surface area contributed by atoms with Crippen molar-refractivity contribution in [2.24, 2.45) is 0 Å². The molecule has 0 amide bonds. The van der Waals surface area contributed by atoms with E-state index in [1.165, 1.54) is 0 Å². The molecule has 0 saturated carbocycles. The number of rotatable bonds is 4. The maximum Gasteiger partial charge on any atom is 0.120 e. The normalized spacial score (nSPS) is 12.4. The average Bonchev–Trinajstić information content (AvgIpc) is 2.82. The van der Waals surface area contributed by atoms with Crippen LogP contribution in [0.15, 0.2) is 39.5 Å². The first kappa shape index (κ1) is 12.9. The molecule has 0 bridgehead atoms. The van der Waals surface area contributed by atoms with Gasteiger partial charge < -0.3 is 4.74 Å². The first-order valence-electron chi connectivity index (χ1n) is 5.30. The molecule has 0 saturated heterocycles. The Balaban J connectivity index is 2.27. The standard InChI is InChI=1S/C13H12BrClOS/c1-2-16-10-3-4-11(12(14)7-10)13(15)9-5-6-17-8-9/h3-8,13H,2H2,1H3. The van der Waals surface area contributed by atoms with E-state index in [0.29, 0.717) is 6.61 Å². The Morgan fingerprint density at radius 1 is 1.41 bits per heavy atom. The van der Waals surface area contributed by atoms with Crippen molar-refractivity contribution in [2.75, 3.05) is 6.61 Å². The molecule has 17 heavy (non-hydrogen) atoms. The van der Waals surface area contributed by atoms with Crippen molar-refractivity contribution in [1.29, 1.82) is 0 Å². The zero-order valence-electron chi connectivity index (χ0n) is 9.32. The molecule has 1 aromatic heterocycles. The summed E-state index contributed by atoms with van der Waals surface area (Å²) in [5.74, 6) is 0.859. The van der Waals surface area contributed by atoms with Gasteiger partial charge in [-0.3, -0.25) is 0 Å². The van der Waals surface area contributed by atoms with Crippen molar-refractivity contribution < 1.29 is 4.74 Å². The van der Waals surface area contributed by atoms with Gasteiger partial charge in [-0.25, -0.2) is 0 Å². The Bertz CT molecular complexity index is 484. The zero-order chi connectivity index (χ0) is 12.3. The molecule has 4 heteroatoms. The largest absolute Gasteiger partial charge is 0.494 e. The van der Waals surface area contributed by atoms with Crippen LogP contribution in [0.4, 0.5) is 0 Å². The summed E-state index contributed by atoms with van der Waals surface area (Å²) in [5, 5.41) is 3.99. The third-order valence-electron chi connectivity index (χ3n) is 2.39. The summed E-state index contributed by atoms with van der Waals surface area (Å²) < 4.78 is 6.42. The fraction of sp³-hybridized carbons (Fsp3) is 0.231. The number of benzene rings is 1. The van der Waals surface area contributed by atoms with Crippen LogP contribution in [-0.2, 0) is 0 Å². The summed E-state index contributed by atoms with van der Waals surface area (Å²) in [4.78, 5) is 0. The summed E-state index contributed by atoms with van der Waals surface area (Å²) in [6.45, 7) is 2.64. The summed E-state index contributed by atoms with van der Waals surface area (Å²) >= 11 is 11.6. The van der Waals surface area contributed by atoms with Gasteiger partial charge in [-0.05, 0) is 47.0 Å². The Labute approximate surface area is 119 Å². The van der Waals surface area contributed by atoms with E-state index in [9.17, 15) is 0 Å². The van der Waals surface area contributed by atoms with Gasteiger partial charge in [0.05, 0.1) is 12.0 Å². The Morgan fingerprint density at radius 2 is 2.24 bits per heavy atom. The van der Waals surface area contributed by atoms with Gasteiger partial charge in [-0.15, -0.1) is 11.6 Å². The lowest BCUT2D eigenvalue weighted by atomic mass is 10.1. The molecule has 1 heterocycles. The second kappa shape index (κ2) is 5.89. The van der Waals surface area contributed by atoms with Crippen LogP contribution < -0.4 is 4.74 Å². The van der Waals surface area contributed by atoms with Crippen LogP contribution in [0.5, 0.6) is 5.75 Å². The van der Waals surface area contributed by atoms with Gasteiger partial charge in [0.1, 0.15) is 5.75 Å². The molecule has 1 atom stereocenters. The Kier molecular flexibility index (Phi) is 4.48. The molecule has 0 radical (unpaired) electrons. The molecule has 0 fully saturated rings. The highest BCUT2D eigenvalue weighted by Gasteiger charge is 2.14. The lowest BCUT2D eigenvalue weighted by Gasteiger charge is -2.12. The predicted octanol–water partition coefficient (Wildman–Crippen LogP) is 5.24. The van der Waals surface area contributed by atoms with E-state index >= 15 is 0 Å². The molecular weight excluding hydrogens is 320 g/mol. The highest BCUT2D eigenvalue weighted by molar-refractivity contribution is 9.10. The number of thiophene rings is 1. The molecule has 0 spiro atoms. The lowest BCUT2D eigenvalue weighted by molar-refractivity contribution is 0.340. The monoisotopic (exact) mass is 330 g/mol. The zero-order valence-corrected chi connectivity index (χ0v) is 12.5. The summed E-state index contributed by atoms with van der Waals surface area (Å²) in [7, 11) is 0. The van der Waals surface area contributed by atoms with Crippen LogP contribution in [0.25, 0.3) is 0 Å². The van der Waals surface area contributed by atoms with E-state index < -0.39 is 0 Å². The van der Waals surface area contributed by atoms with Crippen LogP contribution >= 0.6 is 38.9 Å². The molecule has 90 valence electrons. The van der Waals surface area contributed by atoms with Gasteiger partial charge in [0.15, 0.2) is 0 Å². The van der Waals surface area contributed by atoms with Crippen molar-refractivity contribution >= 4 is 38.9 Å². The van der Waals surface area contributed by atoms with Crippen LogP contribution in [0.3, 0.4) is 0 Å². The van der Waals surface area contributed by atoms with E-state index in [1.807, 2.05) is 36.6 Å². The highest BCUT2D eigenvalue weighted by Crippen LogP contribution is 2.36.